The molecule has 0 saturated carbocycles. The van der Waals surface area contributed by atoms with E-state index in [4.69, 9.17) is 4.74 Å². The minimum atomic E-state index is 0.0375. The summed E-state index contributed by atoms with van der Waals surface area (Å²) in [5, 5.41) is 0.980. The van der Waals surface area contributed by atoms with Crippen molar-refractivity contribution in [3.63, 3.8) is 0 Å². The van der Waals surface area contributed by atoms with Crippen molar-refractivity contribution in [2.45, 2.75) is 4.90 Å². The molecule has 1 aliphatic rings. The van der Waals surface area contributed by atoms with Crippen molar-refractivity contribution in [3.05, 3.63) is 77.3 Å². The lowest BCUT2D eigenvalue weighted by atomic mass is 10.1. The van der Waals surface area contributed by atoms with Gasteiger partial charge in [0.2, 0.25) is 0 Å². The summed E-state index contributed by atoms with van der Waals surface area (Å²) in [5.74, 6) is 0.0375. The van der Waals surface area contributed by atoms with Gasteiger partial charge in [-0.3, -0.25) is 4.79 Å². The molecule has 0 radical (unpaired) electrons. The van der Waals surface area contributed by atoms with E-state index >= 15 is 0 Å². The Bertz CT molecular complexity index is 664. The van der Waals surface area contributed by atoms with Crippen LogP contribution in [0.1, 0.15) is 10.4 Å². The van der Waals surface area contributed by atoms with Crippen molar-refractivity contribution in [2.75, 3.05) is 26.3 Å². The molecule has 2 aromatic rings. The molecule has 1 aliphatic heterocycles. The summed E-state index contributed by atoms with van der Waals surface area (Å²) in [6.45, 7) is 3.03. The first-order chi connectivity index (χ1) is 11.3. The Balaban J connectivity index is 1.84. The van der Waals surface area contributed by atoms with Crippen molar-refractivity contribution in [2.24, 2.45) is 0 Å². The van der Waals surface area contributed by atoms with Crippen LogP contribution in [-0.4, -0.2) is 37.0 Å². The van der Waals surface area contributed by atoms with Gasteiger partial charge in [-0.25, -0.2) is 0 Å². The molecule has 1 fully saturated rings. The summed E-state index contributed by atoms with van der Waals surface area (Å²) in [4.78, 5) is 15.9. The summed E-state index contributed by atoms with van der Waals surface area (Å²) in [6.07, 6.45) is 1.75. The average molecular weight is 325 g/mol. The Hall–Kier alpha value is -2.04. The highest BCUT2D eigenvalue weighted by molar-refractivity contribution is 8.03. The summed E-state index contributed by atoms with van der Waals surface area (Å²) in [5.41, 5.74) is 0.715. The predicted molar refractivity (Wildman–Crippen MR) is 93.5 cm³/mol. The molecule has 4 heteroatoms. The molecular formula is C19H19NO2S. The van der Waals surface area contributed by atoms with Crippen LogP contribution in [0, 0.1) is 0 Å². The maximum absolute atomic E-state index is 12.5. The zero-order valence-corrected chi connectivity index (χ0v) is 13.7. The molecule has 1 heterocycles. The molecule has 0 bridgehead atoms. The molecule has 2 aromatic carbocycles. The highest BCUT2D eigenvalue weighted by Crippen LogP contribution is 2.30. The van der Waals surface area contributed by atoms with E-state index in [1.165, 1.54) is 0 Å². The van der Waals surface area contributed by atoms with Crippen molar-refractivity contribution >= 4 is 17.5 Å². The van der Waals surface area contributed by atoms with E-state index < -0.39 is 0 Å². The van der Waals surface area contributed by atoms with Gasteiger partial charge in [-0.05, 0) is 12.1 Å². The number of thioether (sulfide) groups is 1. The Morgan fingerprint density at radius 2 is 1.57 bits per heavy atom. The number of carbonyl (C=O) groups is 1. The van der Waals surface area contributed by atoms with Crippen molar-refractivity contribution < 1.29 is 9.53 Å². The van der Waals surface area contributed by atoms with E-state index in [1.807, 2.05) is 48.5 Å². The molecule has 0 N–H and O–H groups in total. The minimum absolute atomic E-state index is 0.0375. The molecule has 0 unspecified atom stereocenters. The van der Waals surface area contributed by atoms with Gasteiger partial charge in [0, 0.05) is 29.6 Å². The Labute approximate surface area is 141 Å². The van der Waals surface area contributed by atoms with Gasteiger partial charge in [-0.15, -0.1) is 0 Å². The first kappa shape index (κ1) is 15.8. The number of carbonyl (C=O) groups excluding carboxylic acids is 1. The number of benzene rings is 2. The van der Waals surface area contributed by atoms with E-state index in [1.54, 1.807) is 17.8 Å². The quantitative estimate of drug-likeness (QED) is 0.475. The van der Waals surface area contributed by atoms with Gasteiger partial charge in [0.15, 0.2) is 5.78 Å². The third kappa shape index (κ3) is 4.47. The van der Waals surface area contributed by atoms with Gasteiger partial charge in [-0.1, -0.05) is 60.3 Å². The Kier molecular flexibility index (Phi) is 5.51. The van der Waals surface area contributed by atoms with Crippen LogP contribution in [0.3, 0.4) is 0 Å². The molecule has 118 valence electrons. The first-order valence-electron chi connectivity index (χ1n) is 7.69. The van der Waals surface area contributed by atoms with E-state index in [0.29, 0.717) is 18.8 Å². The van der Waals surface area contributed by atoms with Crippen molar-refractivity contribution in [1.29, 1.82) is 0 Å². The van der Waals surface area contributed by atoms with E-state index in [0.717, 1.165) is 23.0 Å². The molecular weight excluding hydrogens is 306 g/mol. The van der Waals surface area contributed by atoms with Crippen molar-refractivity contribution in [3.8, 4) is 0 Å². The van der Waals surface area contributed by atoms with Gasteiger partial charge in [0.25, 0.3) is 0 Å². The Morgan fingerprint density at radius 3 is 2.22 bits per heavy atom. The van der Waals surface area contributed by atoms with Crippen LogP contribution in [0.5, 0.6) is 0 Å². The number of nitrogens with zero attached hydrogens (tertiary/aromatic N) is 1. The van der Waals surface area contributed by atoms with Crippen molar-refractivity contribution in [1.82, 2.24) is 4.90 Å². The molecule has 0 atom stereocenters. The maximum Gasteiger partial charge on any atom is 0.188 e. The number of rotatable bonds is 5. The van der Waals surface area contributed by atoms with Crippen LogP contribution >= 0.6 is 11.8 Å². The second-order valence-corrected chi connectivity index (χ2v) is 6.32. The maximum atomic E-state index is 12.5. The number of ether oxygens (including phenoxy) is 1. The minimum Gasteiger partial charge on any atom is -0.378 e. The van der Waals surface area contributed by atoms with E-state index in [-0.39, 0.29) is 5.78 Å². The normalized spacial score (nSPS) is 15.5. The second kappa shape index (κ2) is 7.99. The van der Waals surface area contributed by atoms with Crippen LogP contribution in [-0.2, 0) is 4.74 Å². The fourth-order valence-electron chi connectivity index (χ4n) is 2.38. The van der Waals surface area contributed by atoms with Crippen LogP contribution in [0.4, 0.5) is 0 Å². The fourth-order valence-corrected chi connectivity index (χ4v) is 3.39. The van der Waals surface area contributed by atoms with Crippen LogP contribution < -0.4 is 0 Å². The third-order valence-electron chi connectivity index (χ3n) is 3.60. The number of hydrogen-bond donors (Lipinski definition) is 0. The zero-order chi connectivity index (χ0) is 15.9. The number of morpholine rings is 1. The topological polar surface area (TPSA) is 29.5 Å². The fraction of sp³-hybridized carbons (Fsp3) is 0.211. The number of allylic oxidation sites excluding steroid dienone is 1. The molecule has 3 nitrogen and oxygen atoms in total. The molecule has 3 rings (SSSR count). The lowest BCUT2D eigenvalue weighted by Crippen LogP contribution is -2.35. The van der Waals surface area contributed by atoms with E-state index in [9.17, 15) is 4.79 Å². The largest absolute Gasteiger partial charge is 0.378 e. The zero-order valence-electron chi connectivity index (χ0n) is 12.9. The van der Waals surface area contributed by atoms with Crippen LogP contribution in [0.15, 0.2) is 76.7 Å². The van der Waals surface area contributed by atoms with Crippen LogP contribution in [0.2, 0.25) is 0 Å². The first-order valence-corrected chi connectivity index (χ1v) is 8.51. The average Bonchev–Trinajstić information content (AvgIpc) is 2.63. The monoisotopic (exact) mass is 325 g/mol. The van der Waals surface area contributed by atoms with Gasteiger partial charge in [0.1, 0.15) is 0 Å². The smallest absolute Gasteiger partial charge is 0.188 e. The van der Waals surface area contributed by atoms with Gasteiger partial charge in [0.05, 0.1) is 18.2 Å². The van der Waals surface area contributed by atoms with Gasteiger partial charge in [-0.2, -0.15) is 0 Å². The molecule has 0 spiro atoms. The number of ketones is 1. The number of hydrogen-bond acceptors (Lipinski definition) is 4. The lowest BCUT2D eigenvalue weighted by molar-refractivity contribution is 0.0574. The lowest BCUT2D eigenvalue weighted by Gasteiger charge is -2.30. The predicted octanol–water partition coefficient (Wildman–Crippen LogP) is 3.84. The second-order valence-electron chi connectivity index (χ2n) is 5.23. The summed E-state index contributed by atoms with van der Waals surface area (Å²) in [7, 11) is 0. The van der Waals surface area contributed by atoms with Gasteiger partial charge < -0.3 is 9.64 Å². The van der Waals surface area contributed by atoms with Crippen LogP contribution in [0.25, 0.3) is 0 Å². The SMILES string of the molecule is O=C(/C=C(/Sc1ccccc1)N1CCOCC1)c1ccccc1. The Morgan fingerprint density at radius 1 is 0.957 bits per heavy atom. The summed E-state index contributed by atoms with van der Waals surface area (Å²) in [6, 6.07) is 19.5. The highest BCUT2D eigenvalue weighted by Gasteiger charge is 2.16. The molecule has 0 aromatic heterocycles. The van der Waals surface area contributed by atoms with E-state index in [2.05, 4.69) is 17.0 Å². The molecule has 0 aliphatic carbocycles. The van der Waals surface area contributed by atoms with Gasteiger partial charge >= 0.3 is 0 Å². The summed E-state index contributed by atoms with van der Waals surface area (Å²) >= 11 is 1.63. The highest BCUT2D eigenvalue weighted by atomic mass is 32.2. The molecule has 0 amide bonds. The standard InChI is InChI=1S/C19H19NO2S/c21-18(16-7-3-1-4-8-16)15-19(20-11-13-22-14-12-20)23-17-9-5-2-6-10-17/h1-10,15H,11-14H2/b19-15+. The molecule has 23 heavy (non-hydrogen) atoms. The molecule has 1 saturated heterocycles. The summed E-state index contributed by atoms with van der Waals surface area (Å²) < 4.78 is 5.43. The third-order valence-corrected chi connectivity index (χ3v) is 4.69.